The van der Waals surface area contributed by atoms with Crippen LogP contribution in [0.2, 0.25) is 5.02 Å². The van der Waals surface area contributed by atoms with Gasteiger partial charge in [0, 0.05) is 0 Å². The second-order valence-corrected chi connectivity index (χ2v) is 5.54. The van der Waals surface area contributed by atoms with Crippen molar-refractivity contribution < 1.29 is 14.3 Å². The number of carboxylic acid groups (broad SMARTS) is 1. The smallest absolute Gasteiger partial charge is 0.358 e. The zero-order valence-electron chi connectivity index (χ0n) is 11.7. The average Bonchev–Trinajstić information content (AvgIpc) is 2.77. The van der Waals surface area contributed by atoms with E-state index in [1.807, 2.05) is 13.8 Å². The predicted molar refractivity (Wildman–Crippen MR) is 76.0 cm³/mol. The molecule has 0 radical (unpaired) electrons. The number of carboxylic acids is 1. The second kappa shape index (κ2) is 6.22. The van der Waals surface area contributed by atoms with E-state index in [1.165, 1.54) is 10.7 Å². The molecule has 0 fully saturated rings. The van der Waals surface area contributed by atoms with Crippen LogP contribution >= 0.6 is 11.6 Å². The summed E-state index contributed by atoms with van der Waals surface area (Å²) in [6.45, 7) is 4.12. The van der Waals surface area contributed by atoms with Crippen molar-refractivity contribution in [2.75, 3.05) is 0 Å². The highest BCUT2D eigenvalue weighted by Crippen LogP contribution is 2.22. The van der Waals surface area contributed by atoms with Gasteiger partial charge in [0.2, 0.25) is 0 Å². The summed E-state index contributed by atoms with van der Waals surface area (Å²) in [4.78, 5) is 11.2. The molecule has 0 amide bonds. The largest absolute Gasteiger partial charge is 0.476 e. The Morgan fingerprint density at radius 2 is 2.19 bits per heavy atom. The van der Waals surface area contributed by atoms with Crippen LogP contribution in [0.25, 0.3) is 0 Å². The summed E-state index contributed by atoms with van der Waals surface area (Å²) < 4.78 is 14.9. The van der Waals surface area contributed by atoms with Crippen molar-refractivity contribution in [1.82, 2.24) is 15.0 Å². The van der Waals surface area contributed by atoms with Crippen molar-refractivity contribution in [1.29, 1.82) is 0 Å². The van der Waals surface area contributed by atoms with E-state index in [1.54, 1.807) is 12.1 Å². The van der Waals surface area contributed by atoms with E-state index in [0.29, 0.717) is 17.7 Å². The highest BCUT2D eigenvalue weighted by molar-refractivity contribution is 6.31. The van der Waals surface area contributed by atoms with Crippen LogP contribution in [0.15, 0.2) is 18.2 Å². The maximum atomic E-state index is 13.5. The van der Waals surface area contributed by atoms with Crippen LogP contribution in [0.1, 0.15) is 35.6 Å². The lowest BCUT2D eigenvalue weighted by molar-refractivity contribution is 0.0689. The third-order valence-electron chi connectivity index (χ3n) is 2.99. The summed E-state index contributed by atoms with van der Waals surface area (Å²) in [5.41, 5.74) is 0.970. The topological polar surface area (TPSA) is 68.0 Å². The highest BCUT2D eigenvalue weighted by Gasteiger charge is 2.20. The molecule has 0 aliphatic carbocycles. The third-order valence-corrected chi connectivity index (χ3v) is 3.42. The summed E-state index contributed by atoms with van der Waals surface area (Å²) in [5.74, 6) is -1.40. The van der Waals surface area contributed by atoms with Crippen LogP contribution in [0, 0.1) is 11.7 Å². The summed E-state index contributed by atoms with van der Waals surface area (Å²) in [7, 11) is 0. The van der Waals surface area contributed by atoms with Crippen LogP contribution in [0.3, 0.4) is 0 Å². The fourth-order valence-corrected chi connectivity index (χ4v) is 2.23. The zero-order valence-corrected chi connectivity index (χ0v) is 12.4. The maximum absolute atomic E-state index is 13.5. The molecule has 0 bridgehead atoms. The van der Waals surface area contributed by atoms with Gasteiger partial charge in [-0.15, -0.1) is 5.10 Å². The fraction of sp³-hybridized carbons (Fsp3) is 0.357. The lowest BCUT2D eigenvalue weighted by atomic mass is 10.1. The van der Waals surface area contributed by atoms with E-state index in [0.717, 1.165) is 0 Å². The van der Waals surface area contributed by atoms with Gasteiger partial charge >= 0.3 is 5.97 Å². The van der Waals surface area contributed by atoms with Gasteiger partial charge in [-0.05, 0) is 24.0 Å². The van der Waals surface area contributed by atoms with Gasteiger partial charge in [0.15, 0.2) is 5.69 Å². The molecule has 0 saturated heterocycles. The first-order chi connectivity index (χ1) is 9.90. The molecule has 0 aliphatic heterocycles. The maximum Gasteiger partial charge on any atom is 0.358 e. The number of aromatic carboxylic acids is 1. The number of aromatic nitrogens is 3. The molecule has 1 aromatic carbocycles. The van der Waals surface area contributed by atoms with E-state index in [-0.39, 0.29) is 23.2 Å². The summed E-state index contributed by atoms with van der Waals surface area (Å²) >= 11 is 5.92. The Morgan fingerprint density at radius 3 is 2.81 bits per heavy atom. The number of hydrogen-bond acceptors (Lipinski definition) is 3. The quantitative estimate of drug-likeness (QED) is 0.921. The van der Waals surface area contributed by atoms with Crippen molar-refractivity contribution in [3.8, 4) is 0 Å². The lowest BCUT2D eigenvalue weighted by Gasteiger charge is -2.10. The van der Waals surface area contributed by atoms with Gasteiger partial charge in [-0.3, -0.25) is 0 Å². The van der Waals surface area contributed by atoms with Gasteiger partial charge in [-0.25, -0.2) is 13.9 Å². The molecule has 1 N–H and O–H groups in total. The molecule has 0 unspecified atom stereocenters. The number of nitrogens with zero attached hydrogens (tertiary/aromatic N) is 3. The Hall–Kier alpha value is -1.95. The summed E-state index contributed by atoms with van der Waals surface area (Å²) in [6.07, 6.45) is 0.515. The van der Waals surface area contributed by atoms with E-state index in [2.05, 4.69) is 10.3 Å². The van der Waals surface area contributed by atoms with Gasteiger partial charge in [-0.1, -0.05) is 42.8 Å². The van der Waals surface area contributed by atoms with Crippen LogP contribution in [-0.4, -0.2) is 26.1 Å². The van der Waals surface area contributed by atoms with Gasteiger partial charge < -0.3 is 5.11 Å². The monoisotopic (exact) mass is 311 g/mol. The van der Waals surface area contributed by atoms with Crippen LogP contribution in [-0.2, 0) is 13.0 Å². The Kier molecular flexibility index (Phi) is 4.57. The lowest BCUT2D eigenvalue weighted by Crippen LogP contribution is -2.12. The van der Waals surface area contributed by atoms with Gasteiger partial charge in [0.05, 0.1) is 17.3 Å². The zero-order chi connectivity index (χ0) is 15.6. The molecular weight excluding hydrogens is 297 g/mol. The van der Waals surface area contributed by atoms with Crippen molar-refractivity contribution in [2.45, 2.75) is 26.8 Å². The minimum Gasteiger partial charge on any atom is -0.476 e. The average molecular weight is 312 g/mol. The fourth-order valence-electron chi connectivity index (χ4n) is 2.05. The van der Waals surface area contributed by atoms with Crippen molar-refractivity contribution in [3.05, 3.63) is 46.0 Å². The van der Waals surface area contributed by atoms with E-state index < -0.39 is 11.8 Å². The minimum atomic E-state index is -1.12. The van der Waals surface area contributed by atoms with Crippen LogP contribution in [0.4, 0.5) is 4.39 Å². The Bertz CT molecular complexity index is 670. The minimum absolute atomic E-state index is 0.0142. The number of rotatable bonds is 5. The first-order valence-corrected chi connectivity index (χ1v) is 6.86. The van der Waals surface area contributed by atoms with Crippen LogP contribution < -0.4 is 0 Å². The molecule has 112 valence electrons. The molecule has 21 heavy (non-hydrogen) atoms. The third kappa shape index (κ3) is 3.39. The first-order valence-electron chi connectivity index (χ1n) is 6.48. The molecule has 5 nitrogen and oxygen atoms in total. The molecular formula is C14H15ClFN3O2. The Balaban J connectivity index is 2.40. The number of hydrogen-bond donors (Lipinski definition) is 1. The molecule has 7 heteroatoms. The molecule has 2 aromatic rings. The standard InChI is InChI=1S/C14H15ClFN3O2/c1-8(2)6-11-13(14(20)21)17-18-19(11)7-9-4-3-5-10(16)12(9)15/h3-5,8H,6-7H2,1-2H3,(H,20,21). The molecule has 0 atom stereocenters. The van der Waals surface area contributed by atoms with Crippen LogP contribution in [0.5, 0.6) is 0 Å². The highest BCUT2D eigenvalue weighted by atomic mass is 35.5. The van der Waals surface area contributed by atoms with Crippen molar-refractivity contribution >= 4 is 17.6 Å². The summed E-state index contributed by atoms with van der Waals surface area (Å²) in [5, 5.41) is 16.7. The second-order valence-electron chi connectivity index (χ2n) is 5.16. The number of halogens is 2. The predicted octanol–water partition coefficient (Wildman–Crippen LogP) is 3.02. The van der Waals surface area contributed by atoms with Gasteiger partial charge in [0.25, 0.3) is 0 Å². The molecule has 1 aromatic heterocycles. The molecule has 1 heterocycles. The van der Waals surface area contributed by atoms with E-state index in [9.17, 15) is 9.18 Å². The molecule has 0 aliphatic rings. The molecule has 0 spiro atoms. The van der Waals surface area contributed by atoms with E-state index in [4.69, 9.17) is 16.7 Å². The van der Waals surface area contributed by atoms with Crippen molar-refractivity contribution in [2.24, 2.45) is 5.92 Å². The molecule has 2 rings (SSSR count). The SMILES string of the molecule is CC(C)Cc1c(C(=O)O)nnn1Cc1cccc(F)c1Cl. The van der Waals surface area contributed by atoms with E-state index >= 15 is 0 Å². The van der Waals surface area contributed by atoms with Gasteiger partial charge in [-0.2, -0.15) is 0 Å². The van der Waals surface area contributed by atoms with Crippen molar-refractivity contribution in [3.63, 3.8) is 0 Å². The summed E-state index contributed by atoms with van der Waals surface area (Å²) in [6, 6.07) is 4.49. The Morgan fingerprint density at radius 1 is 1.48 bits per heavy atom. The van der Waals surface area contributed by atoms with Gasteiger partial charge in [0.1, 0.15) is 5.82 Å². The Labute approximate surface area is 126 Å². The molecule has 0 saturated carbocycles. The normalized spacial score (nSPS) is 11.1. The number of benzene rings is 1. The first kappa shape index (κ1) is 15.4. The number of carbonyl (C=O) groups is 1.